The van der Waals surface area contributed by atoms with E-state index in [1.807, 2.05) is 6.07 Å². The van der Waals surface area contributed by atoms with E-state index in [0.717, 1.165) is 0 Å². The molecule has 1 amide bonds. The maximum atomic E-state index is 12.5. The lowest BCUT2D eigenvalue weighted by molar-refractivity contribution is -0.112. The number of carbonyl (C=O) groups excluding carboxylic acids is 2. The van der Waals surface area contributed by atoms with Gasteiger partial charge in [0.1, 0.15) is 24.9 Å². The topological polar surface area (TPSA) is 97.7 Å². The number of benzene rings is 2. The SMILES string of the molecule is CCOC(=O)c1ccc(NC(=O)/C(C#N)=C/c2cc(Cl)c3c(c2)OCCO3)cc1. The van der Waals surface area contributed by atoms with Crippen LogP contribution >= 0.6 is 11.6 Å². The van der Waals surface area contributed by atoms with E-state index in [1.165, 1.54) is 18.2 Å². The van der Waals surface area contributed by atoms with E-state index in [9.17, 15) is 14.9 Å². The number of nitriles is 1. The number of fused-ring (bicyclic) bond motifs is 1. The highest BCUT2D eigenvalue weighted by Gasteiger charge is 2.17. The lowest BCUT2D eigenvalue weighted by Crippen LogP contribution is -2.16. The van der Waals surface area contributed by atoms with Crippen LogP contribution in [0.25, 0.3) is 6.08 Å². The summed E-state index contributed by atoms with van der Waals surface area (Å²) in [6.45, 7) is 2.79. The summed E-state index contributed by atoms with van der Waals surface area (Å²) in [5.41, 5.74) is 1.21. The molecule has 1 N–H and O–H groups in total. The third kappa shape index (κ3) is 4.86. The quantitative estimate of drug-likeness (QED) is 0.455. The van der Waals surface area contributed by atoms with Gasteiger partial charge in [-0.25, -0.2) is 4.79 Å². The molecule has 1 heterocycles. The van der Waals surface area contributed by atoms with Crippen LogP contribution in [-0.4, -0.2) is 31.7 Å². The molecule has 8 heteroatoms. The molecule has 0 aliphatic carbocycles. The maximum absolute atomic E-state index is 12.5. The number of rotatable bonds is 5. The molecule has 0 radical (unpaired) electrons. The fraction of sp³-hybridized carbons (Fsp3) is 0.190. The Morgan fingerprint density at radius 2 is 1.97 bits per heavy atom. The zero-order chi connectivity index (χ0) is 20.8. The van der Waals surface area contributed by atoms with Crippen LogP contribution in [0.4, 0.5) is 5.69 Å². The van der Waals surface area contributed by atoms with Gasteiger partial charge in [0.15, 0.2) is 11.5 Å². The minimum absolute atomic E-state index is 0.118. The maximum Gasteiger partial charge on any atom is 0.338 e. The van der Waals surface area contributed by atoms with Crippen LogP contribution in [0.3, 0.4) is 0 Å². The number of hydrogen-bond donors (Lipinski definition) is 1. The molecule has 0 saturated heterocycles. The number of ether oxygens (including phenoxy) is 3. The molecule has 0 spiro atoms. The van der Waals surface area contributed by atoms with Crippen LogP contribution in [-0.2, 0) is 9.53 Å². The summed E-state index contributed by atoms with van der Waals surface area (Å²) < 4.78 is 15.9. The minimum Gasteiger partial charge on any atom is -0.486 e. The molecule has 0 atom stereocenters. The standard InChI is InChI=1S/C21H17ClN2O5/c1-2-27-21(26)14-3-5-16(6-4-14)24-20(25)15(12-23)9-13-10-17(22)19-18(11-13)28-7-8-29-19/h3-6,9-11H,2,7-8H2,1H3,(H,24,25)/b15-9+. The molecule has 1 aliphatic heterocycles. The number of carbonyl (C=O) groups is 2. The van der Waals surface area contributed by atoms with Crippen LogP contribution in [0.5, 0.6) is 11.5 Å². The second-order valence-corrected chi connectivity index (χ2v) is 6.36. The van der Waals surface area contributed by atoms with Crippen molar-refractivity contribution >= 4 is 35.2 Å². The molecule has 148 valence electrons. The fourth-order valence-electron chi connectivity index (χ4n) is 2.63. The molecule has 1 aliphatic rings. The highest BCUT2D eigenvalue weighted by Crippen LogP contribution is 2.38. The zero-order valence-electron chi connectivity index (χ0n) is 15.5. The van der Waals surface area contributed by atoms with Crippen LogP contribution in [0, 0.1) is 11.3 Å². The number of halogens is 1. The fourth-order valence-corrected chi connectivity index (χ4v) is 2.91. The van der Waals surface area contributed by atoms with E-state index in [2.05, 4.69) is 5.32 Å². The van der Waals surface area contributed by atoms with E-state index in [0.29, 0.717) is 46.5 Å². The summed E-state index contributed by atoms with van der Waals surface area (Å²) in [5.74, 6) is -0.136. The Bertz CT molecular complexity index is 1010. The van der Waals surface area contributed by atoms with E-state index in [1.54, 1.807) is 31.2 Å². The Hall–Kier alpha value is -3.50. The second-order valence-electron chi connectivity index (χ2n) is 5.95. The highest BCUT2D eigenvalue weighted by atomic mass is 35.5. The van der Waals surface area contributed by atoms with Gasteiger partial charge in [-0.15, -0.1) is 0 Å². The molecule has 0 aromatic heterocycles. The van der Waals surface area contributed by atoms with Gasteiger partial charge in [-0.05, 0) is 55.0 Å². The van der Waals surface area contributed by atoms with Crippen LogP contribution in [0.2, 0.25) is 5.02 Å². The van der Waals surface area contributed by atoms with Crippen molar-refractivity contribution in [2.45, 2.75) is 6.92 Å². The molecule has 0 unspecified atom stereocenters. The monoisotopic (exact) mass is 412 g/mol. The number of esters is 1. The molecule has 2 aromatic rings. The third-order valence-corrected chi connectivity index (χ3v) is 4.23. The zero-order valence-corrected chi connectivity index (χ0v) is 16.3. The predicted octanol–water partition coefficient (Wildman–Crippen LogP) is 3.83. The average molecular weight is 413 g/mol. The second kappa shape index (κ2) is 9.13. The normalized spacial score (nSPS) is 12.7. The Morgan fingerprint density at radius 3 is 2.66 bits per heavy atom. The summed E-state index contributed by atoms with van der Waals surface area (Å²) in [6.07, 6.45) is 1.41. The van der Waals surface area contributed by atoms with Crippen molar-refractivity contribution in [3.05, 3.63) is 58.1 Å². The molecule has 7 nitrogen and oxygen atoms in total. The summed E-state index contributed by atoms with van der Waals surface area (Å²) >= 11 is 6.19. The number of hydrogen-bond acceptors (Lipinski definition) is 6. The summed E-state index contributed by atoms with van der Waals surface area (Å²) in [4.78, 5) is 24.1. The Kier molecular flexibility index (Phi) is 6.37. The molecule has 0 fully saturated rings. The van der Waals surface area contributed by atoms with Crippen molar-refractivity contribution in [1.29, 1.82) is 5.26 Å². The largest absolute Gasteiger partial charge is 0.486 e. The molecule has 0 saturated carbocycles. The minimum atomic E-state index is -0.595. The van der Waals surface area contributed by atoms with Crippen molar-refractivity contribution in [2.75, 3.05) is 25.1 Å². The van der Waals surface area contributed by atoms with Gasteiger partial charge < -0.3 is 19.5 Å². The van der Waals surface area contributed by atoms with Gasteiger partial charge in [-0.2, -0.15) is 5.26 Å². The summed E-state index contributed by atoms with van der Waals surface area (Å²) in [5, 5.41) is 12.3. The molecule has 2 aromatic carbocycles. The first-order valence-corrected chi connectivity index (χ1v) is 9.19. The molecule has 29 heavy (non-hydrogen) atoms. The number of nitrogens with zero attached hydrogens (tertiary/aromatic N) is 1. The number of nitrogens with one attached hydrogen (secondary N) is 1. The molecular formula is C21H17ClN2O5. The first-order valence-electron chi connectivity index (χ1n) is 8.81. The Balaban J connectivity index is 1.76. The van der Waals surface area contributed by atoms with E-state index < -0.39 is 11.9 Å². The average Bonchev–Trinajstić information content (AvgIpc) is 2.72. The van der Waals surface area contributed by atoms with Gasteiger partial charge in [0.05, 0.1) is 17.2 Å². The van der Waals surface area contributed by atoms with Gasteiger partial charge in [-0.1, -0.05) is 11.6 Å². The smallest absolute Gasteiger partial charge is 0.338 e. The number of anilines is 1. The molecule has 0 bridgehead atoms. The molecule has 3 rings (SSSR count). The first-order chi connectivity index (χ1) is 14.0. The van der Waals surface area contributed by atoms with E-state index >= 15 is 0 Å². The lowest BCUT2D eigenvalue weighted by atomic mass is 10.1. The van der Waals surface area contributed by atoms with Gasteiger partial charge in [0.25, 0.3) is 5.91 Å². The van der Waals surface area contributed by atoms with Crippen LogP contribution < -0.4 is 14.8 Å². The van der Waals surface area contributed by atoms with Gasteiger partial charge >= 0.3 is 5.97 Å². The molecular weight excluding hydrogens is 396 g/mol. The van der Waals surface area contributed by atoms with Gasteiger partial charge in [-0.3, -0.25) is 4.79 Å². The van der Waals surface area contributed by atoms with Crippen molar-refractivity contribution in [3.63, 3.8) is 0 Å². The van der Waals surface area contributed by atoms with Crippen LogP contribution in [0.1, 0.15) is 22.8 Å². The number of amides is 1. The predicted molar refractivity (Wildman–Crippen MR) is 107 cm³/mol. The third-order valence-electron chi connectivity index (χ3n) is 3.95. The Labute approximate surface area is 172 Å². The van der Waals surface area contributed by atoms with Crippen molar-refractivity contribution in [3.8, 4) is 17.6 Å². The van der Waals surface area contributed by atoms with E-state index in [4.69, 9.17) is 25.8 Å². The van der Waals surface area contributed by atoms with Gasteiger partial charge in [0, 0.05) is 5.69 Å². The summed E-state index contributed by atoms with van der Waals surface area (Å²) in [6, 6.07) is 11.3. The Morgan fingerprint density at radius 1 is 1.24 bits per heavy atom. The first kappa shape index (κ1) is 20.2. The highest BCUT2D eigenvalue weighted by molar-refractivity contribution is 6.32. The summed E-state index contributed by atoms with van der Waals surface area (Å²) in [7, 11) is 0. The van der Waals surface area contributed by atoms with Crippen LogP contribution in [0.15, 0.2) is 42.0 Å². The van der Waals surface area contributed by atoms with E-state index in [-0.39, 0.29) is 12.2 Å². The van der Waals surface area contributed by atoms with Crippen molar-refractivity contribution in [1.82, 2.24) is 0 Å². The lowest BCUT2D eigenvalue weighted by Gasteiger charge is -2.19. The van der Waals surface area contributed by atoms with Gasteiger partial charge in [0.2, 0.25) is 0 Å². The van der Waals surface area contributed by atoms with Crippen molar-refractivity contribution < 1.29 is 23.8 Å². The van der Waals surface area contributed by atoms with Crippen molar-refractivity contribution in [2.24, 2.45) is 0 Å².